The van der Waals surface area contributed by atoms with Crippen LogP contribution >= 0.6 is 23.4 Å². The number of fused-ring (bicyclic) bond motifs is 1. The molecule has 4 nitrogen and oxygen atoms in total. The molecule has 176 valence electrons. The highest BCUT2D eigenvalue weighted by atomic mass is 35.5. The Morgan fingerprint density at radius 2 is 1.97 bits per heavy atom. The van der Waals surface area contributed by atoms with Crippen molar-refractivity contribution in [2.24, 2.45) is 0 Å². The van der Waals surface area contributed by atoms with Gasteiger partial charge in [-0.1, -0.05) is 44.0 Å². The van der Waals surface area contributed by atoms with Gasteiger partial charge in [0.25, 0.3) is 0 Å². The van der Waals surface area contributed by atoms with E-state index >= 15 is 0 Å². The van der Waals surface area contributed by atoms with Crippen molar-refractivity contribution in [3.63, 3.8) is 0 Å². The zero-order chi connectivity index (χ0) is 23.5. The van der Waals surface area contributed by atoms with E-state index in [9.17, 15) is 0 Å². The lowest BCUT2D eigenvalue weighted by atomic mass is 9.92. The molecule has 2 heterocycles. The predicted molar refractivity (Wildman–Crippen MR) is 140 cm³/mol. The molecule has 6 heteroatoms. The predicted octanol–water partition coefficient (Wildman–Crippen LogP) is 7.26. The Kier molecular flexibility index (Phi) is 7.12. The molecular weight excluding hydrogens is 462 g/mol. The van der Waals surface area contributed by atoms with Crippen molar-refractivity contribution in [1.82, 2.24) is 14.9 Å². The molecule has 3 aromatic rings. The summed E-state index contributed by atoms with van der Waals surface area (Å²) in [6.07, 6.45) is 11.4. The molecule has 0 radical (unpaired) electrons. The van der Waals surface area contributed by atoms with Gasteiger partial charge < -0.3 is 9.64 Å². The lowest BCUT2D eigenvalue weighted by Gasteiger charge is -2.40. The zero-order valence-electron chi connectivity index (χ0n) is 19.5. The number of halogens is 1. The standard InChI is InChI=1S/C28H30ClN3OS/c1-19(28-27(29)23-10-6-7-11-26(23)34-28)32(22-8-4-3-5-9-22)18-21-16-20(12-13-25(21)33-2)24-17-30-14-15-31-24/h6-7,10-17,22,27-28H,1,3-5,8-9,18H2,2H3. The molecule has 0 N–H and O–H groups in total. The maximum absolute atomic E-state index is 7.01. The van der Waals surface area contributed by atoms with Crippen LogP contribution in [-0.4, -0.2) is 33.3 Å². The number of hydrogen-bond acceptors (Lipinski definition) is 5. The topological polar surface area (TPSA) is 38.2 Å². The van der Waals surface area contributed by atoms with Crippen LogP contribution in [0.25, 0.3) is 11.3 Å². The number of benzene rings is 2. The summed E-state index contributed by atoms with van der Waals surface area (Å²) < 4.78 is 5.78. The third-order valence-electron chi connectivity index (χ3n) is 6.93. The third-order valence-corrected chi connectivity index (χ3v) is 8.99. The first kappa shape index (κ1) is 23.3. The second-order valence-electron chi connectivity index (χ2n) is 9.01. The Labute approximate surface area is 211 Å². The number of methoxy groups -OCH3 is 1. The number of ether oxygens (including phenoxy) is 1. The van der Waals surface area contributed by atoms with Crippen LogP contribution in [0.2, 0.25) is 0 Å². The van der Waals surface area contributed by atoms with Crippen LogP contribution in [0.3, 0.4) is 0 Å². The molecule has 0 amide bonds. The van der Waals surface area contributed by atoms with Gasteiger partial charge in [0.2, 0.25) is 0 Å². The van der Waals surface area contributed by atoms with Crippen LogP contribution in [0.15, 0.2) is 78.2 Å². The van der Waals surface area contributed by atoms with Crippen molar-refractivity contribution in [2.75, 3.05) is 7.11 Å². The Morgan fingerprint density at radius 3 is 2.71 bits per heavy atom. The minimum atomic E-state index is -0.0763. The van der Waals surface area contributed by atoms with E-state index < -0.39 is 0 Å². The maximum Gasteiger partial charge on any atom is 0.123 e. The highest BCUT2D eigenvalue weighted by Gasteiger charge is 2.37. The van der Waals surface area contributed by atoms with Gasteiger partial charge in [0, 0.05) is 46.7 Å². The van der Waals surface area contributed by atoms with Gasteiger partial charge in [0.1, 0.15) is 5.75 Å². The number of alkyl halides is 1. The van der Waals surface area contributed by atoms with Crippen molar-refractivity contribution in [2.45, 2.75) is 60.2 Å². The summed E-state index contributed by atoms with van der Waals surface area (Å²) >= 11 is 8.85. The second-order valence-corrected chi connectivity index (χ2v) is 10.7. The minimum Gasteiger partial charge on any atom is -0.496 e. The van der Waals surface area contributed by atoms with Crippen LogP contribution in [0, 0.1) is 0 Å². The summed E-state index contributed by atoms with van der Waals surface area (Å²) in [5.74, 6) is 0.881. The molecule has 0 spiro atoms. The van der Waals surface area contributed by atoms with Gasteiger partial charge in [0.15, 0.2) is 0 Å². The SMILES string of the molecule is C=C(C1Sc2ccccc2C1Cl)N(Cc1cc(-c2cnccn2)ccc1OC)C1CCCCC1. The zero-order valence-corrected chi connectivity index (χ0v) is 21.1. The summed E-state index contributed by atoms with van der Waals surface area (Å²) in [4.78, 5) is 12.5. The van der Waals surface area contributed by atoms with E-state index in [0.717, 1.165) is 34.8 Å². The van der Waals surface area contributed by atoms with Crippen LogP contribution < -0.4 is 4.74 Å². The second kappa shape index (κ2) is 10.4. The van der Waals surface area contributed by atoms with E-state index in [0.29, 0.717) is 6.04 Å². The van der Waals surface area contributed by atoms with Gasteiger partial charge in [-0.2, -0.15) is 0 Å². The number of hydrogen-bond donors (Lipinski definition) is 0. The molecule has 1 saturated carbocycles. The molecule has 0 saturated heterocycles. The Morgan fingerprint density at radius 1 is 1.15 bits per heavy atom. The molecule has 2 unspecified atom stereocenters. The monoisotopic (exact) mass is 491 g/mol. The molecule has 1 fully saturated rings. The van der Waals surface area contributed by atoms with E-state index in [-0.39, 0.29) is 10.6 Å². The van der Waals surface area contributed by atoms with Gasteiger partial charge in [0.05, 0.1) is 29.6 Å². The molecule has 1 aliphatic carbocycles. The summed E-state index contributed by atoms with van der Waals surface area (Å²) in [5.41, 5.74) is 5.35. The Bertz CT molecular complexity index is 1150. The first-order chi connectivity index (χ1) is 16.7. The Balaban J connectivity index is 1.47. The van der Waals surface area contributed by atoms with Crippen molar-refractivity contribution >= 4 is 23.4 Å². The fraction of sp³-hybridized carbons (Fsp3) is 0.357. The number of aromatic nitrogens is 2. The molecule has 1 aromatic heterocycles. The molecule has 2 atom stereocenters. The summed E-state index contributed by atoms with van der Waals surface area (Å²) in [6, 6.07) is 15.2. The fourth-order valence-electron chi connectivity index (χ4n) is 5.13. The van der Waals surface area contributed by atoms with Crippen LogP contribution in [0.1, 0.15) is 48.6 Å². The van der Waals surface area contributed by atoms with Gasteiger partial charge in [-0.15, -0.1) is 23.4 Å². The first-order valence-corrected chi connectivity index (χ1v) is 13.3. The summed E-state index contributed by atoms with van der Waals surface area (Å²) in [6.45, 7) is 5.37. The van der Waals surface area contributed by atoms with Crippen LogP contribution in [0.4, 0.5) is 0 Å². The Hall–Kier alpha value is -2.50. The van der Waals surface area contributed by atoms with E-state index in [1.54, 1.807) is 25.7 Å². The van der Waals surface area contributed by atoms with Gasteiger partial charge >= 0.3 is 0 Å². The highest BCUT2D eigenvalue weighted by Crippen LogP contribution is 2.51. The van der Waals surface area contributed by atoms with Gasteiger partial charge in [-0.05, 0) is 42.7 Å². The molecule has 0 bridgehead atoms. The van der Waals surface area contributed by atoms with Crippen molar-refractivity contribution in [3.8, 4) is 17.0 Å². The molecule has 1 aliphatic heterocycles. The van der Waals surface area contributed by atoms with E-state index in [1.807, 2.05) is 23.9 Å². The number of thioether (sulfide) groups is 1. The highest BCUT2D eigenvalue weighted by molar-refractivity contribution is 8.00. The van der Waals surface area contributed by atoms with Gasteiger partial charge in [-0.25, -0.2) is 0 Å². The van der Waals surface area contributed by atoms with E-state index in [1.165, 1.54) is 42.6 Å². The molecule has 2 aromatic carbocycles. The van der Waals surface area contributed by atoms with Crippen molar-refractivity contribution < 1.29 is 4.74 Å². The minimum absolute atomic E-state index is 0.0763. The molecule has 2 aliphatic rings. The van der Waals surface area contributed by atoms with Gasteiger partial charge in [-0.3, -0.25) is 9.97 Å². The lowest BCUT2D eigenvalue weighted by Crippen LogP contribution is -2.38. The number of rotatable bonds is 7. The third kappa shape index (κ3) is 4.69. The van der Waals surface area contributed by atoms with E-state index in [4.69, 9.17) is 16.3 Å². The smallest absolute Gasteiger partial charge is 0.123 e. The average Bonchev–Trinajstić information content (AvgIpc) is 3.24. The van der Waals surface area contributed by atoms with Crippen molar-refractivity contribution in [3.05, 3.63) is 84.5 Å². The number of nitrogens with zero attached hydrogens (tertiary/aromatic N) is 3. The summed E-state index contributed by atoms with van der Waals surface area (Å²) in [5, 5.41) is 0.0442. The molecule has 34 heavy (non-hydrogen) atoms. The van der Waals surface area contributed by atoms with Crippen LogP contribution in [-0.2, 0) is 6.54 Å². The largest absolute Gasteiger partial charge is 0.496 e. The quantitative estimate of drug-likeness (QED) is 0.325. The van der Waals surface area contributed by atoms with Crippen LogP contribution in [0.5, 0.6) is 5.75 Å². The normalized spacial score (nSPS) is 20.1. The van der Waals surface area contributed by atoms with E-state index in [2.05, 4.69) is 51.8 Å². The molecular formula is C28H30ClN3OS. The van der Waals surface area contributed by atoms with Crippen molar-refractivity contribution in [1.29, 1.82) is 0 Å². The summed E-state index contributed by atoms with van der Waals surface area (Å²) in [7, 11) is 1.73. The molecule has 5 rings (SSSR count). The maximum atomic E-state index is 7.01. The average molecular weight is 492 g/mol. The first-order valence-electron chi connectivity index (χ1n) is 11.9. The fourth-order valence-corrected chi connectivity index (χ4v) is 6.98. The lowest BCUT2D eigenvalue weighted by molar-refractivity contribution is 0.187.